The highest BCUT2D eigenvalue weighted by atomic mass is 16.5. The number of carbonyl (C=O) groups is 2. The number of benzene rings is 2. The summed E-state index contributed by atoms with van der Waals surface area (Å²) in [7, 11) is 0. The van der Waals surface area contributed by atoms with Gasteiger partial charge in [-0.3, -0.25) is 4.79 Å². The third-order valence-corrected chi connectivity index (χ3v) is 5.80. The Morgan fingerprint density at radius 2 is 1.86 bits per heavy atom. The lowest BCUT2D eigenvalue weighted by molar-refractivity contribution is -0.0604. The molecule has 2 amide bonds. The van der Waals surface area contributed by atoms with E-state index in [0.717, 1.165) is 37.0 Å². The first-order chi connectivity index (χ1) is 14.1. The van der Waals surface area contributed by atoms with Crippen molar-refractivity contribution in [3.63, 3.8) is 0 Å². The molecule has 0 atom stereocenters. The largest absolute Gasteiger partial charge is 0.445 e. The molecule has 2 heterocycles. The van der Waals surface area contributed by atoms with Crippen LogP contribution in [0, 0.1) is 5.41 Å². The van der Waals surface area contributed by atoms with E-state index in [0.29, 0.717) is 11.1 Å². The molecule has 8 heteroatoms. The Labute approximate surface area is 167 Å². The lowest BCUT2D eigenvalue weighted by Gasteiger charge is -2.58. The predicted octanol–water partition coefficient (Wildman–Crippen LogP) is 2.49. The molecule has 0 bridgehead atoms. The van der Waals surface area contributed by atoms with Gasteiger partial charge in [0, 0.05) is 30.1 Å². The lowest BCUT2D eigenvalue weighted by atomic mass is 9.60. The molecule has 148 valence electrons. The van der Waals surface area contributed by atoms with Crippen LogP contribution in [0.15, 0.2) is 48.5 Å². The fraction of sp³-hybridized carbons (Fsp3) is 0.333. The Morgan fingerprint density at radius 1 is 1.10 bits per heavy atom. The van der Waals surface area contributed by atoms with Crippen molar-refractivity contribution < 1.29 is 14.3 Å². The maximum absolute atomic E-state index is 12.7. The molecule has 29 heavy (non-hydrogen) atoms. The van der Waals surface area contributed by atoms with Gasteiger partial charge < -0.3 is 15.0 Å². The topological polar surface area (TPSA) is 100 Å². The van der Waals surface area contributed by atoms with Crippen LogP contribution in [0.25, 0.3) is 11.0 Å². The van der Waals surface area contributed by atoms with Gasteiger partial charge in [-0.15, -0.1) is 0 Å². The maximum atomic E-state index is 12.7. The van der Waals surface area contributed by atoms with E-state index in [4.69, 9.17) is 4.74 Å². The molecule has 2 aliphatic rings. The van der Waals surface area contributed by atoms with Crippen molar-refractivity contribution in [1.29, 1.82) is 0 Å². The van der Waals surface area contributed by atoms with Crippen LogP contribution in [0.1, 0.15) is 28.8 Å². The molecule has 8 nitrogen and oxygen atoms in total. The van der Waals surface area contributed by atoms with Gasteiger partial charge in [-0.05, 0) is 36.6 Å². The fourth-order valence-corrected chi connectivity index (χ4v) is 4.34. The highest BCUT2D eigenvalue weighted by Gasteiger charge is 2.54. The van der Waals surface area contributed by atoms with E-state index >= 15 is 0 Å². The standard InChI is InChI=1S/C21H21N5O3/c27-19(15-6-7-17-18(8-15)24-25-23-17)26-12-21(13-26)9-16(10-21)22-20(28)29-11-14-4-2-1-3-5-14/h1-8,16H,9-13H2,(H,22,28)(H,23,24,25). The van der Waals surface area contributed by atoms with Crippen molar-refractivity contribution in [2.75, 3.05) is 13.1 Å². The van der Waals surface area contributed by atoms with Crippen LogP contribution in [0.5, 0.6) is 0 Å². The second kappa shape index (κ2) is 6.88. The minimum Gasteiger partial charge on any atom is -0.445 e. The van der Waals surface area contributed by atoms with E-state index in [9.17, 15) is 9.59 Å². The van der Waals surface area contributed by atoms with Crippen LogP contribution < -0.4 is 5.32 Å². The van der Waals surface area contributed by atoms with E-state index in [1.165, 1.54) is 0 Å². The van der Waals surface area contributed by atoms with Crippen molar-refractivity contribution >= 4 is 23.0 Å². The summed E-state index contributed by atoms with van der Waals surface area (Å²) in [5.74, 6) is 0.0132. The van der Waals surface area contributed by atoms with Gasteiger partial charge in [-0.2, -0.15) is 15.4 Å². The quantitative estimate of drug-likeness (QED) is 0.712. The van der Waals surface area contributed by atoms with Crippen molar-refractivity contribution in [3.05, 3.63) is 59.7 Å². The minimum absolute atomic E-state index is 0.0132. The number of nitrogens with one attached hydrogen (secondary N) is 2. The number of nitrogens with zero attached hydrogens (tertiary/aromatic N) is 3. The van der Waals surface area contributed by atoms with E-state index < -0.39 is 0 Å². The Bertz CT molecular complexity index is 1050. The Kier molecular flexibility index (Phi) is 4.19. The number of aromatic nitrogens is 3. The van der Waals surface area contributed by atoms with E-state index in [1.807, 2.05) is 35.2 Å². The van der Waals surface area contributed by atoms with Crippen LogP contribution in [0.4, 0.5) is 4.79 Å². The number of H-pyrrole nitrogens is 1. The van der Waals surface area contributed by atoms with Crippen LogP contribution in [0.2, 0.25) is 0 Å². The van der Waals surface area contributed by atoms with Crippen LogP contribution in [-0.4, -0.2) is 51.4 Å². The van der Waals surface area contributed by atoms with E-state index in [1.54, 1.807) is 18.2 Å². The molecule has 5 rings (SSSR count). The molecule has 1 aliphatic heterocycles. The van der Waals surface area contributed by atoms with Crippen LogP contribution in [0.3, 0.4) is 0 Å². The van der Waals surface area contributed by atoms with Gasteiger partial charge in [0.2, 0.25) is 0 Å². The molecule has 2 N–H and O–H groups in total. The summed E-state index contributed by atoms with van der Waals surface area (Å²) in [6, 6.07) is 15.1. The summed E-state index contributed by atoms with van der Waals surface area (Å²) >= 11 is 0. The van der Waals surface area contributed by atoms with E-state index in [2.05, 4.69) is 20.7 Å². The van der Waals surface area contributed by atoms with Gasteiger partial charge in [0.05, 0.1) is 0 Å². The first-order valence-electron chi connectivity index (χ1n) is 9.67. The summed E-state index contributed by atoms with van der Waals surface area (Å²) in [4.78, 5) is 26.5. The van der Waals surface area contributed by atoms with Crippen LogP contribution in [-0.2, 0) is 11.3 Å². The second-order valence-corrected chi connectivity index (χ2v) is 8.00. The predicted molar refractivity (Wildman–Crippen MR) is 105 cm³/mol. The molecular formula is C21H21N5O3. The average molecular weight is 391 g/mol. The van der Waals surface area contributed by atoms with Gasteiger partial charge >= 0.3 is 6.09 Å². The lowest BCUT2D eigenvalue weighted by Crippen LogP contribution is -2.67. The molecular weight excluding hydrogens is 370 g/mol. The molecule has 0 radical (unpaired) electrons. The molecule has 2 fully saturated rings. The average Bonchev–Trinajstić information content (AvgIpc) is 3.15. The van der Waals surface area contributed by atoms with Crippen molar-refractivity contribution in [2.24, 2.45) is 5.41 Å². The van der Waals surface area contributed by atoms with Gasteiger partial charge in [-0.1, -0.05) is 30.3 Å². The first kappa shape index (κ1) is 17.7. The summed E-state index contributed by atoms with van der Waals surface area (Å²) < 4.78 is 5.27. The van der Waals surface area contributed by atoms with Gasteiger partial charge in [-0.25, -0.2) is 4.79 Å². The number of hydrogen-bond acceptors (Lipinski definition) is 5. The molecule has 1 spiro atoms. The first-order valence-corrected chi connectivity index (χ1v) is 9.67. The second-order valence-electron chi connectivity index (χ2n) is 8.00. The molecule has 1 saturated heterocycles. The summed E-state index contributed by atoms with van der Waals surface area (Å²) in [5.41, 5.74) is 3.15. The van der Waals surface area contributed by atoms with Crippen molar-refractivity contribution in [2.45, 2.75) is 25.5 Å². The number of carbonyl (C=O) groups excluding carboxylic acids is 2. The van der Waals surface area contributed by atoms with E-state index in [-0.39, 0.29) is 30.1 Å². The fourth-order valence-electron chi connectivity index (χ4n) is 4.34. The Hall–Kier alpha value is -3.42. The number of alkyl carbamates (subject to hydrolysis) is 1. The smallest absolute Gasteiger partial charge is 0.407 e. The maximum Gasteiger partial charge on any atom is 0.407 e. The number of amides is 2. The molecule has 1 saturated carbocycles. The Morgan fingerprint density at radius 3 is 2.66 bits per heavy atom. The highest BCUT2D eigenvalue weighted by Crippen LogP contribution is 2.48. The highest BCUT2D eigenvalue weighted by molar-refractivity contribution is 5.97. The molecule has 1 aromatic heterocycles. The zero-order chi connectivity index (χ0) is 19.8. The molecule has 3 aromatic rings. The summed E-state index contributed by atoms with van der Waals surface area (Å²) in [5, 5.41) is 13.5. The third kappa shape index (κ3) is 3.41. The minimum atomic E-state index is -0.387. The van der Waals surface area contributed by atoms with Gasteiger partial charge in [0.25, 0.3) is 5.91 Å². The number of aromatic amines is 1. The number of hydrogen-bond donors (Lipinski definition) is 2. The molecule has 1 aliphatic carbocycles. The summed E-state index contributed by atoms with van der Waals surface area (Å²) in [6.45, 7) is 1.71. The zero-order valence-electron chi connectivity index (χ0n) is 15.8. The third-order valence-electron chi connectivity index (χ3n) is 5.80. The van der Waals surface area contributed by atoms with Crippen molar-refractivity contribution in [1.82, 2.24) is 25.6 Å². The zero-order valence-corrected chi connectivity index (χ0v) is 15.8. The Balaban J connectivity index is 1.08. The normalized spacial score (nSPS) is 17.6. The molecule has 2 aromatic carbocycles. The summed E-state index contributed by atoms with van der Waals surface area (Å²) in [6.07, 6.45) is 1.36. The number of likely N-dealkylation sites (tertiary alicyclic amines) is 1. The number of rotatable bonds is 4. The molecule has 0 unspecified atom stereocenters. The van der Waals surface area contributed by atoms with Gasteiger partial charge in [0.15, 0.2) is 0 Å². The van der Waals surface area contributed by atoms with Crippen LogP contribution >= 0.6 is 0 Å². The monoisotopic (exact) mass is 391 g/mol. The number of ether oxygens (including phenoxy) is 1. The van der Waals surface area contributed by atoms with Gasteiger partial charge in [0.1, 0.15) is 17.6 Å². The van der Waals surface area contributed by atoms with Crippen molar-refractivity contribution in [3.8, 4) is 0 Å². The SMILES string of the molecule is O=C(NC1CC2(C1)CN(C(=O)c1ccc3n[nH]nc3c1)C2)OCc1ccccc1. The number of fused-ring (bicyclic) bond motifs is 1.